The first-order valence-corrected chi connectivity index (χ1v) is 5.99. The van der Waals surface area contributed by atoms with Gasteiger partial charge in [0, 0.05) is 17.3 Å². The Hall–Kier alpha value is -2.14. The molecule has 3 rings (SSSR count). The van der Waals surface area contributed by atoms with Gasteiger partial charge in [-0.25, -0.2) is 4.39 Å². The normalized spacial score (nSPS) is 13.5. The zero-order chi connectivity index (χ0) is 13.4. The van der Waals surface area contributed by atoms with Gasteiger partial charge in [0.05, 0.1) is 29.1 Å². The Balaban J connectivity index is 2.11. The number of pyridine rings is 1. The number of hydrogen-bond acceptors (Lipinski definition) is 3. The predicted molar refractivity (Wildman–Crippen MR) is 71.8 cm³/mol. The minimum absolute atomic E-state index is 0.122. The zero-order valence-electron chi connectivity index (χ0n) is 9.71. The lowest BCUT2D eigenvalue weighted by atomic mass is 10.0. The summed E-state index contributed by atoms with van der Waals surface area (Å²) in [5.74, 6) is -0.545. The van der Waals surface area contributed by atoms with Gasteiger partial charge in [0.2, 0.25) is 5.91 Å². The third kappa shape index (κ3) is 2.24. The Kier molecular flexibility index (Phi) is 2.83. The number of rotatable bonds is 1. The van der Waals surface area contributed by atoms with Crippen molar-refractivity contribution in [2.24, 2.45) is 0 Å². The molecule has 1 aromatic carbocycles. The van der Waals surface area contributed by atoms with E-state index in [4.69, 9.17) is 11.6 Å². The number of nitrogens with one attached hydrogen (secondary N) is 2. The number of hydrogen-bond donors (Lipinski definition) is 2. The lowest BCUT2D eigenvalue weighted by Gasteiger charge is -2.20. The number of amides is 1. The fraction of sp³-hybridized carbons (Fsp3) is 0.0769. The Morgan fingerprint density at radius 2 is 2.05 bits per heavy atom. The molecule has 0 atom stereocenters. The van der Waals surface area contributed by atoms with E-state index in [1.807, 2.05) is 0 Å². The number of aromatic nitrogens is 1. The van der Waals surface area contributed by atoms with Gasteiger partial charge in [-0.3, -0.25) is 9.78 Å². The second kappa shape index (κ2) is 4.51. The molecular formula is C13H9ClFN3O. The van der Waals surface area contributed by atoms with Crippen LogP contribution in [0.1, 0.15) is 0 Å². The van der Waals surface area contributed by atoms with E-state index in [1.54, 1.807) is 12.1 Å². The van der Waals surface area contributed by atoms with Gasteiger partial charge in [-0.15, -0.1) is 0 Å². The fourth-order valence-electron chi connectivity index (χ4n) is 1.97. The summed E-state index contributed by atoms with van der Waals surface area (Å²) in [6, 6.07) is 4.77. The molecule has 0 bridgehead atoms. The first-order chi connectivity index (χ1) is 9.13. The summed E-state index contributed by atoms with van der Waals surface area (Å²) in [5.41, 5.74) is 2.63. The smallest absolute Gasteiger partial charge is 0.243 e. The maximum atomic E-state index is 13.2. The van der Waals surface area contributed by atoms with Crippen molar-refractivity contribution in [3.63, 3.8) is 0 Å². The minimum Gasteiger partial charge on any atom is -0.374 e. The topological polar surface area (TPSA) is 54.0 Å². The van der Waals surface area contributed by atoms with Crippen LogP contribution in [0.4, 0.5) is 15.8 Å². The van der Waals surface area contributed by atoms with E-state index in [-0.39, 0.29) is 12.5 Å². The Bertz CT molecular complexity index is 675. The Morgan fingerprint density at radius 3 is 2.84 bits per heavy atom. The highest BCUT2D eigenvalue weighted by molar-refractivity contribution is 6.34. The van der Waals surface area contributed by atoms with Gasteiger partial charge in [-0.1, -0.05) is 11.6 Å². The molecule has 2 heterocycles. The van der Waals surface area contributed by atoms with Crippen LogP contribution in [-0.4, -0.2) is 17.4 Å². The van der Waals surface area contributed by atoms with E-state index < -0.39 is 5.82 Å². The van der Waals surface area contributed by atoms with Crippen molar-refractivity contribution in [3.8, 4) is 11.1 Å². The highest BCUT2D eigenvalue weighted by Crippen LogP contribution is 2.36. The van der Waals surface area contributed by atoms with Crippen LogP contribution in [0.15, 0.2) is 30.6 Å². The van der Waals surface area contributed by atoms with Crippen molar-refractivity contribution in [1.82, 2.24) is 4.98 Å². The molecule has 6 heteroatoms. The third-order valence-electron chi connectivity index (χ3n) is 2.84. The van der Waals surface area contributed by atoms with Crippen LogP contribution in [0, 0.1) is 5.82 Å². The standard InChI is InChI=1S/C13H9ClFN3O/c14-10-3-12-11(17-6-13(19)18-12)2-9(10)7-1-8(15)5-16-4-7/h1-5,17H,6H2,(H,18,19). The maximum absolute atomic E-state index is 13.2. The molecule has 0 fully saturated rings. The molecule has 2 N–H and O–H groups in total. The van der Waals surface area contributed by atoms with Crippen molar-refractivity contribution in [2.75, 3.05) is 17.2 Å². The molecule has 0 saturated heterocycles. The number of carbonyl (C=O) groups is 1. The summed E-state index contributed by atoms with van der Waals surface area (Å²) < 4.78 is 13.2. The van der Waals surface area contributed by atoms with Gasteiger partial charge in [0.1, 0.15) is 5.82 Å². The van der Waals surface area contributed by atoms with Crippen LogP contribution in [0.3, 0.4) is 0 Å². The summed E-state index contributed by atoms with van der Waals surface area (Å²) in [4.78, 5) is 15.1. The first kappa shape index (κ1) is 11.9. The van der Waals surface area contributed by atoms with Crippen molar-refractivity contribution in [1.29, 1.82) is 0 Å². The van der Waals surface area contributed by atoms with Crippen molar-refractivity contribution in [3.05, 3.63) is 41.4 Å². The second-order valence-electron chi connectivity index (χ2n) is 4.17. The Labute approximate surface area is 113 Å². The molecule has 4 nitrogen and oxygen atoms in total. The molecule has 2 aromatic rings. The molecule has 0 spiro atoms. The lowest BCUT2D eigenvalue weighted by molar-refractivity contribution is -0.114. The average Bonchev–Trinajstić information content (AvgIpc) is 2.37. The maximum Gasteiger partial charge on any atom is 0.243 e. The molecule has 1 amide bonds. The van der Waals surface area contributed by atoms with Gasteiger partial charge in [0.25, 0.3) is 0 Å². The second-order valence-corrected chi connectivity index (χ2v) is 4.58. The van der Waals surface area contributed by atoms with Crippen molar-refractivity contribution < 1.29 is 9.18 Å². The summed E-state index contributed by atoms with van der Waals surface area (Å²) in [7, 11) is 0. The molecule has 0 unspecified atom stereocenters. The van der Waals surface area contributed by atoms with Crippen molar-refractivity contribution in [2.45, 2.75) is 0 Å². The Morgan fingerprint density at radius 1 is 1.21 bits per heavy atom. The van der Waals surface area contributed by atoms with Gasteiger partial charge < -0.3 is 10.6 Å². The molecule has 96 valence electrons. The van der Waals surface area contributed by atoms with Crippen LogP contribution in [0.5, 0.6) is 0 Å². The van der Waals surface area contributed by atoms with Gasteiger partial charge in [-0.05, 0) is 18.2 Å². The fourth-order valence-corrected chi connectivity index (χ4v) is 2.25. The quantitative estimate of drug-likeness (QED) is 0.843. The summed E-state index contributed by atoms with van der Waals surface area (Å²) in [6.07, 6.45) is 2.67. The average molecular weight is 278 g/mol. The predicted octanol–water partition coefficient (Wildman–Crippen LogP) is 2.91. The number of benzene rings is 1. The van der Waals surface area contributed by atoms with Crippen molar-refractivity contribution >= 4 is 28.9 Å². The van der Waals surface area contributed by atoms with Crippen LogP contribution in [0.25, 0.3) is 11.1 Å². The van der Waals surface area contributed by atoms with E-state index in [2.05, 4.69) is 15.6 Å². The number of nitrogens with zero attached hydrogens (tertiary/aromatic N) is 1. The number of fused-ring (bicyclic) bond motifs is 1. The summed E-state index contributed by atoms with van der Waals surface area (Å²) >= 11 is 6.17. The van der Waals surface area contributed by atoms with Gasteiger partial charge in [0.15, 0.2) is 0 Å². The van der Waals surface area contributed by atoms with E-state index in [9.17, 15) is 9.18 Å². The molecule has 0 aliphatic carbocycles. The molecule has 0 saturated carbocycles. The number of carbonyl (C=O) groups excluding carboxylic acids is 1. The van der Waals surface area contributed by atoms with Gasteiger partial charge in [-0.2, -0.15) is 0 Å². The van der Waals surface area contributed by atoms with E-state index in [0.29, 0.717) is 21.8 Å². The van der Waals surface area contributed by atoms with Crippen LogP contribution in [-0.2, 0) is 4.79 Å². The van der Waals surface area contributed by atoms with Crippen LogP contribution < -0.4 is 10.6 Å². The summed E-state index contributed by atoms with van der Waals surface area (Å²) in [5, 5.41) is 6.12. The monoisotopic (exact) mass is 277 g/mol. The molecular weight excluding hydrogens is 269 g/mol. The molecule has 1 aromatic heterocycles. The van der Waals surface area contributed by atoms with E-state index in [0.717, 1.165) is 11.9 Å². The summed E-state index contributed by atoms with van der Waals surface area (Å²) in [6.45, 7) is 0.204. The van der Waals surface area contributed by atoms with Crippen LogP contribution in [0.2, 0.25) is 5.02 Å². The highest BCUT2D eigenvalue weighted by Gasteiger charge is 2.17. The minimum atomic E-state index is -0.424. The zero-order valence-corrected chi connectivity index (χ0v) is 10.5. The highest BCUT2D eigenvalue weighted by atomic mass is 35.5. The third-order valence-corrected chi connectivity index (χ3v) is 3.15. The molecule has 19 heavy (non-hydrogen) atoms. The van der Waals surface area contributed by atoms with Gasteiger partial charge >= 0.3 is 0 Å². The largest absolute Gasteiger partial charge is 0.374 e. The van der Waals surface area contributed by atoms with E-state index >= 15 is 0 Å². The first-order valence-electron chi connectivity index (χ1n) is 5.61. The molecule has 1 aliphatic rings. The van der Waals surface area contributed by atoms with E-state index in [1.165, 1.54) is 12.3 Å². The van der Waals surface area contributed by atoms with Crippen LogP contribution >= 0.6 is 11.6 Å². The molecule has 1 aliphatic heterocycles. The lowest BCUT2D eigenvalue weighted by Crippen LogP contribution is -2.27. The molecule has 0 radical (unpaired) electrons. The number of anilines is 2. The SMILES string of the molecule is O=C1CNc2cc(-c3cncc(F)c3)c(Cl)cc2N1. The number of halogens is 2.